The Morgan fingerprint density at radius 3 is 2.70 bits per heavy atom. The summed E-state index contributed by atoms with van der Waals surface area (Å²) in [5, 5.41) is 13.6. The van der Waals surface area contributed by atoms with E-state index in [1.807, 2.05) is 13.0 Å². The van der Waals surface area contributed by atoms with Crippen LogP contribution in [0.4, 0.5) is 0 Å². The predicted molar refractivity (Wildman–Crippen MR) is 101 cm³/mol. The molecule has 2 aromatic carbocycles. The Morgan fingerprint density at radius 2 is 1.93 bits per heavy atom. The molecular weight excluding hydrogens is 346 g/mol. The molecule has 27 heavy (non-hydrogen) atoms. The van der Waals surface area contributed by atoms with Gasteiger partial charge in [-0.25, -0.2) is 10.2 Å². The predicted octanol–water partition coefficient (Wildman–Crippen LogP) is 2.82. The van der Waals surface area contributed by atoms with E-state index in [2.05, 4.69) is 10.5 Å². The number of aromatic hydroxyl groups is 1. The number of hydrazone groups is 1. The number of aryl methyl sites for hydroxylation is 1. The number of amides is 1. The van der Waals surface area contributed by atoms with Crippen molar-refractivity contribution < 1.29 is 14.3 Å². The molecule has 0 bridgehead atoms. The number of benzene rings is 2. The number of fused-ring (bicyclic) bond motifs is 3. The van der Waals surface area contributed by atoms with Crippen molar-refractivity contribution in [2.75, 3.05) is 0 Å². The minimum Gasteiger partial charge on any atom is -0.508 e. The molecule has 2 heterocycles. The largest absolute Gasteiger partial charge is 0.508 e. The van der Waals surface area contributed by atoms with Gasteiger partial charge in [-0.3, -0.25) is 9.20 Å². The molecule has 0 fully saturated rings. The highest BCUT2D eigenvalue weighted by Gasteiger charge is 2.12. The summed E-state index contributed by atoms with van der Waals surface area (Å²) in [5.74, 6) is -0.249. The second-order valence-corrected chi connectivity index (χ2v) is 6.06. The van der Waals surface area contributed by atoms with E-state index in [0.717, 1.165) is 11.3 Å². The third kappa shape index (κ3) is 3.06. The summed E-state index contributed by atoms with van der Waals surface area (Å²) >= 11 is 0. The quantitative estimate of drug-likeness (QED) is 0.433. The molecule has 2 N–H and O–H groups in total. The molecule has 7 nitrogen and oxygen atoms in total. The van der Waals surface area contributed by atoms with Gasteiger partial charge in [0.2, 0.25) is 5.71 Å². The second-order valence-electron chi connectivity index (χ2n) is 6.06. The topological polar surface area (TPSA) is 96.3 Å². The lowest BCUT2D eigenvalue weighted by molar-refractivity contribution is 0.0955. The van der Waals surface area contributed by atoms with Crippen molar-refractivity contribution in [1.82, 2.24) is 9.83 Å². The number of phenolic OH excluding ortho intramolecular Hbond substituents is 1. The van der Waals surface area contributed by atoms with E-state index in [1.165, 1.54) is 18.3 Å². The van der Waals surface area contributed by atoms with Crippen molar-refractivity contribution in [3.8, 4) is 5.75 Å². The molecule has 7 heteroatoms. The van der Waals surface area contributed by atoms with Crippen LogP contribution in [0.2, 0.25) is 0 Å². The number of nitrogens with zero attached hydrogens (tertiary/aromatic N) is 2. The molecule has 0 aliphatic heterocycles. The van der Waals surface area contributed by atoms with E-state index in [0.29, 0.717) is 22.2 Å². The van der Waals surface area contributed by atoms with Crippen molar-refractivity contribution in [3.63, 3.8) is 0 Å². The minimum atomic E-state index is -0.451. The Hall–Kier alpha value is -3.87. The van der Waals surface area contributed by atoms with E-state index in [1.54, 1.807) is 40.8 Å². The van der Waals surface area contributed by atoms with Crippen LogP contribution >= 0.6 is 0 Å². The van der Waals surface area contributed by atoms with Crippen LogP contribution in [0.5, 0.6) is 5.75 Å². The van der Waals surface area contributed by atoms with E-state index >= 15 is 0 Å². The zero-order chi connectivity index (χ0) is 19.0. The summed E-state index contributed by atoms with van der Waals surface area (Å²) in [6, 6.07) is 14.7. The maximum atomic E-state index is 12.4. The molecule has 4 aromatic rings. The average Bonchev–Trinajstić information content (AvgIpc) is 3.03. The van der Waals surface area contributed by atoms with Crippen LogP contribution in [0.3, 0.4) is 0 Å². The molecule has 0 atom stereocenters. The molecule has 0 saturated heterocycles. The molecule has 0 radical (unpaired) electrons. The first-order valence-electron chi connectivity index (χ1n) is 8.20. The van der Waals surface area contributed by atoms with Gasteiger partial charge >= 0.3 is 5.63 Å². The van der Waals surface area contributed by atoms with Crippen LogP contribution < -0.4 is 11.1 Å². The molecule has 0 unspecified atom stereocenters. The SMILES string of the molecule is Cc1ccc2oc(=O)c3ccc(C(=O)N/N=C/c4ccc(O)cc4)cc3n12. The maximum absolute atomic E-state index is 12.4. The summed E-state index contributed by atoms with van der Waals surface area (Å²) in [6.07, 6.45) is 1.47. The normalized spacial score (nSPS) is 11.4. The van der Waals surface area contributed by atoms with Crippen LogP contribution in [-0.2, 0) is 0 Å². The third-order valence-electron chi connectivity index (χ3n) is 4.23. The lowest BCUT2D eigenvalue weighted by Gasteiger charge is -2.06. The Labute approximate surface area is 153 Å². The fourth-order valence-corrected chi connectivity index (χ4v) is 2.87. The lowest BCUT2D eigenvalue weighted by atomic mass is 10.1. The first kappa shape index (κ1) is 16.6. The molecule has 134 valence electrons. The van der Waals surface area contributed by atoms with Gasteiger partial charge in [-0.2, -0.15) is 5.10 Å². The van der Waals surface area contributed by atoms with Crippen LogP contribution in [0.15, 0.2) is 68.9 Å². The standard InChI is InChI=1S/C20H15N3O4/c1-12-2-9-18-23(12)17-10-14(5-8-16(17)20(26)27-18)19(25)22-21-11-13-3-6-15(24)7-4-13/h2-11,24H,1H3,(H,22,25)/b21-11+. The first-order chi connectivity index (χ1) is 13.0. The zero-order valence-electron chi connectivity index (χ0n) is 14.3. The minimum absolute atomic E-state index is 0.156. The van der Waals surface area contributed by atoms with E-state index < -0.39 is 11.5 Å². The number of carbonyl (C=O) groups is 1. The van der Waals surface area contributed by atoms with Crippen molar-refractivity contribution in [3.05, 3.63) is 81.8 Å². The molecule has 1 amide bonds. The lowest BCUT2D eigenvalue weighted by Crippen LogP contribution is -2.18. The van der Waals surface area contributed by atoms with Crippen LogP contribution in [0, 0.1) is 6.92 Å². The molecule has 0 saturated carbocycles. The average molecular weight is 361 g/mol. The van der Waals surface area contributed by atoms with Crippen molar-refractivity contribution >= 4 is 28.7 Å². The van der Waals surface area contributed by atoms with Crippen molar-refractivity contribution in [2.24, 2.45) is 5.10 Å². The number of carbonyl (C=O) groups excluding carboxylic acids is 1. The van der Waals surface area contributed by atoms with Gasteiger partial charge in [0.15, 0.2) is 0 Å². The van der Waals surface area contributed by atoms with Crippen molar-refractivity contribution in [1.29, 1.82) is 0 Å². The number of phenols is 1. The van der Waals surface area contributed by atoms with Gasteiger partial charge in [-0.1, -0.05) is 0 Å². The Bertz CT molecular complexity index is 1250. The summed E-state index contributed by atoms with van der Waals surface area (Å²) in [5.41, 5.74) is 5.01. The molecule has 0 spiro atoms. The summed E-state index contributed by atoms with van der Waals surface area (Å²) in [6.45, 7) is 1.89. The number of rotatable bonds is 3. The van der Waals surface area contributed by atoms with E-state index in [-0.39, 0.29) is 5.75 Å². The third-order valence-corrected chi connectivity index (χ3v) is 4.23. The number of hydrogen-bond donors (Lipinski definition) is 2. The molecular formula is C20H15N3O4. The summed E-state index contributed by atoms with van der Waals surface area (Å²) < 4.78 is 7.07. The maximum Gasteiger partial charge on any atom is 0.346 e. The molecule has 0 aliphatic carbocycles. The second kappa shape index (κ2) is 6.45. The van der Waals surface area contributed by atoms with Crippen LogP contribution in [-0.4, -0.2) is 21.6 Å². The summed E-state index contributed by atoms with van der Waals surface area (Å²) in [4.78, 5) is 24.5. The van der Waals surface area contributed by atoms with E-state index in [9.17, 15) is 14.7 Å². The Kier molecular flexibility index (Phi) is 3.97. The Morgan fingerprint density at radius 1 is 1.15 bits per heavy atom. The number of nitrogens with one attached hydrogen (secondary N) is 1. The van der Waals surface area contributed by atoms with Crippen molar-refractivity contribution in [2.45, 2.75) is 6.92 Å². The monoisotopic (exact) mass is 361 g/mol. The number of hydrogen-bond acceptors (Lipinski definition) is 5. The molecule has 2 aromatic heterocycles. The van der Waals surface area contributed by atoms with Gasteiger partial charge < -0.3 is 9.52 Å². The zero-order valence-corrected chi connectivity index (χ0v) is 14.3. The fraction of sp³-hybridized carbons (Fsp3) is 0.0500. The van der Waals surface area contributed by atoms with Gasteiger partial charge in [-0.05, 0) is 61.0 Å². The molecule has 4 rings (SSSR count). The highest BCUT2D eigenvalue weighted by Crippen LogP contribution is 2.18. The van der Waals surface area contributed by atoms with Crippen LogP contribution in [0.25, 0.3) is 16.6 Å². The van der Waals surface area contributed by atoms with Crippen LogP contribution in [0.1, 0.15) is 21.6 Å². The van der Waals surface area contributed by atoms with E-state index in [4.69, 9.17) is 4.42 Å². The first-order valence-corrected chi connectivity index (χ1v) is 8.20. The Balaban J connectivity index is 1.66. The summed E-state index contributed by atoms with van der Waals surface area (Å²) in [7, 11) is 0. The van der Waals surface area contributed by atoms with Gasteiger partial charge in [0.25, 0.3) is 5.91 Å². The fourth-order valence-electron chi connectivity index (χ4n) is 2.87. The highest BCUT2D eigenvalue weighted by atomic mass is 16.4. The van der Waals surface area contributed by atoms with Gasteiger partial charge in [0.05, 0.1) is 17.1 Å². The molecule has 0 aliphatic rings. The number of aromatic nitrogens is 1. The van der Waals surface area contributed by atoms with Gasteiger partial charge in [0.1, 0.15) is 5.75 Å². The van der Waals surface area contributed by atoms with Gasteiger partial charge in [-0.15, -0.1) is 0 Å². The van der Waals surface area contributed by atoms with Gasteiger partial charge in [0, 0.05) is 17.3 Å². The highest BCUT2D eigenvalue weighted by molar-refractivity contribution is 5.98. The smallest absolute Gasteiger partial charge is 0.346 e.